The molecule has 0 aromatic heterocycles. The Morgan fingerprint density at radius 2 is 2.14 bits per heavy atom. The molecule has 0 aliphatic heterocycles. The standard InChI is InChI=1S/C7H14BNO4S/c1-4-6(10)9-7(2,3)5-14(11,12)13-8/h4H,1,5,8H2,2-3H3,(H,9,10). The summed E-state index contributed by atoms with van der Waals surface area (Å²) in [5.74, 6) is -0.697. The third-order valence-corrected chi connectivity index (χ3v) is 3.02. The second-order valence-corrected chi connectivity index (χ2v) is 5.18. The van der Waals surface area contributed by atoms with E-state index in [1.54, 1.807) is 13.8 Å². The summed E-state index contributed by atoms with van der Waals surface area (Å²) >= 11 is 0. The van der Waals surface area contributed by atoms with E-state index in [9.17, 15) is 13.2 Å². The van der Waals surface area contributed by atoms with Crippen LogP contribution in [0.1, 0.15) is 13.8 Å². The zero-order valence-corrected chi connectivity index (χ0v) is 9.35. The number of carbonyl (C=O) groups is 1. The Morgan fingerprint density at radius 3 is 2.50 bits per heavy atom. The first kappa shape index (κ1) is 13.2. The van der Waals surface area contributed by atoms with Crippen molar-refractivity contribution in [3.63, 3.8) is 0 Å². The number of carbonyl (C=O) groups excluding carboxylic acids is 1. The van der Waals surface area contributed by atoms with E-state index >= 15 is 0 Å². The maximum atomic E-state index is 11.1. The van der Waals surface area contributed by atoms with Gasteiger partial charge < -0.3 is 9.42 Å². The van der Waals surface area contributed by atoms with E-state index in [1.165, 1.54) is 0 Å². The molecule has 0 radical (unpaired) electrons. The van der Waals surface area contributed by atoms with Crippen LogP contribution in [0, 0.1) is 0 Å². The van der Waals surface area contributed by atoms with E-state index in [0.29, 0.717) is 0 Å². The van der Waals surface area contributed by atoms with Gasteiger partial charge in [0.05, 0.1) is 11.3 Å². The number of amides is 1. The molecule has 0 rings (SSSR count). The molecule has 5 nitrogen and oxygen atoms in total. The Morgan fingerprint density at radius 1 is 1.64 bits per heavy atom. The zero-order chi connectivity index (χ0) is 11.4. The molecule has 7 heteroatoms. The number of hydrogen-bond donors (Lipinski definition) is 1. The lowest BCUT2D eigenvalue weighted by atomic mass is 10.1. The van der Waals surface area contributed by atoms with Crippen molar-refractivity contribution in [1.82, 2.24) is 5.32 Å². The normalized spacial score (nSPS) is 12.1. The van der Waals surface area contributed by atoms with Crippen LogP contribution < -0.4 is 5.32 Å². The van der Waals surface area contributed by atoms with Gasteiger partial charge in [-0.25, -0.2) is 8.42 Å². The summed E-state index contributed by atoms with van der Waals surface area (Å²) < 4.78 is 26.5. The van der Waals surface area contributed by atoms with Gasteiger partial charge in [-0.2, -0.15) is 0 Å². The molecule has 0 aromatic carbocycles. The molecule has 0 unspecified atom stereocenters. The molecule has 0 aromatic rings. The molecule has 0 heterocycles. The van der Waals surface area contributed by atoms with Crippen LogP contribution in [0.25, 0.3) is 0 Å². The van der Waals surface area contributed by atoms with Crippen LogP contribution in [0.5, 0.6) is 0 Å². The molecule has 0 saturated heterocycles. The van der Waals surface area contributed by atoms with Gasteiger partial charge in [-0.3, -0.25) is 4.79 Å². The second-order valence-electron chi connectivity index (χ2n) is 3.45. The van der Waals surface area contributed by atoms with Crippen molar-refractivity contribution < 1.29 is 17.3 Å². The van der Waals surface area contributed by atoms with Gasteiger partial charge in [0.1, 0.15) is 0 Å². The lowest BCUT2D eigenvalue weighted by molar-refractivity contribution is -0.117. The SMILES string of the molecule is BOS(=O)(=O)CC(C)(C)NC(=O)C=C. The van der Waals surface area contributed by atoms with E-state index in [-0.39, 0.29) is 5.75 Å². The molecule has 0 atom stereocenters. The summed E-state index contributed by atoms with van der Waals surface area (Å²) in [6.45, 7) is 6.45. The van der Waals surface area contributed by atoms with Gasteiger partial charge in [0, 0.05) is 0 Å². The highest BCUT2D eigenvalue weighted by molar-refractivity contribution is 7.87. The van der Waals surface area contributed by atoms with Crippen molar-refractivity contribution in [1.29, 1.82) is 0 Å². The fourth-order valence-corrected chi connectivity index (χ4v) is 2.00. The smallest absolute Gasteiger partial charge is 0.283 e. The number of nitrogens with one attached hydrogen (secondary N) is 1. The minimum absolute atomic E-state index is 0.282. The van der Waals surface area contributed by atoms with E-state index in [2.05, 4.69) is 16.0 Å². The first-order chi connectivity index (χ1) is 6.22. The third-order valence-electron chi connectivity index (χ3n) is 1.44. The van der Waals surface area contributed by atoms with Crippen molar-refractivity contribution in [3.8, 4) is 0 Å². The fraction of sp³-hybridized carbons (Fsp3) is 0.571. The summed E-state index contributed by atoms with van der Waals surface area (Å²) in [7, 11) is -2.50. The first-order valence-electron chi connectivity index (χ1n) is 3.95. The van der Waals surface area contributed by atoms with E-state index in [4.69, 9.17) is 0 Å². The van der Waals surface area contributed by atoms with Gasteiger partial charge in [-0.1, -0.05) is 6.58 Å². The predicted molar refractivity (Wildman–Crippen MR) is 55.8 cm³/mol. The summed E-state index contributed by atoms with van der Waals surface area (Å²) in [4.78, 5) is 10.9. The lowest BCUT2D eigenvalue weighted by Crippen LogP contribution is -2.47. The van der Waals surface area contributed by atoms with E-state index in [1.807, 2.05) is 0 Å². The van der Waals surface area contributed by atoms with Crippen LogP contribution in [-0.2, 0) is 19.0 Å². The zero-order valence-electron chi connectivity index (χ0n) is 8.53. The van der Waals surface area contributed by atoms with Gasteiger partial charge in [0.25, 0.3) is 18.2 Å². The lowest BCUT2D eigenvalue weighted by Gasteiger charge is -2.24. The average Bonchev–Trinajstić information content (AvgIpc) is 2.01. The van der Waals surface area contributed by atoms with Crippen molar-refractivity contribution in [2.45, 2.75) is 19.4 Å². The summed E-state index contributed by atoms with van der Waals surface area (Å²) in [5, 5.41) is 2.48. The fourth-order valence-electron chi connectivity index (χ4n) is 0.921. The molecule has 1 amide bonds. The molecule has 1 N–H and O–H groups in total. The second kappa shape index (κ2) is 4.61. The van der Waals surface area contributed by atoms with Gasteiger partial charge in [0.2, 0.25) is 5.91 Å². The Bertz CT molecular complexity index is 323. The molecule has 0 bridgehead atoms. The van der Waals surface area contributed by atoms with Crippen LogP contribution >= 0.6 is 0 Å². The number of rotatable bonds is 5. The highest BCUT2D eigenvalue weighted by atomic mass is 32.2. The summed E-state index contributed by atoms with van der Waals surface area (Å²) in [6.07, 6.45) is 1.08. The molecule has 0 fully saturated rings. The average molecular weight is 219 g/mol. The van der Waals surface area contributed by atoms with Gasteiger partial charge in [-0.05, 0) is 19.9 Å². The van der Waals surface area contributed by atoms with Crippen molar-refractivity contribution >= 4 is 24.1 Å². The molecular weight excluding hydrogens is 205 g/mol. The summed E-state index contributed by atoms with van der Waals surface area (Å²) in [6, 6.07) is 0. The minimum Gasteiger partial charge on any atom is -0.347 e. The number of hydrogen-bond acceptors (Lipinski definition) is 4. The van der Waals surface area contributed by atoms with Crippen LogP contribution in [0.4, 0.5) is 0 Å². The van der Waals surface area contributed by atoms with Crippen molar-refractivity contribution in [2.75, 3.05) is 5.75 Å². The van der Waals surface area contributed by atoms with Gasteiger partial charge >= 0.3 is 0 Å². The van der Waals surface area contributed by atoms with E-state index < -0.39 is 21.6 Å². The molecule has 80 valence electrons. The molecule has 0 saturated carbocycles. The van der Waals surface area contributed by atoms with Crippen LogP contribution in [0.15, 0.2) is 12.7 Å². The molecule has 0 aliphatic carbocycles. The van der Waals surface area contributed by atoms with Crippen LogP contribution in [0.3, 0.4) is 0 Å². The Hall–Kier alpha value is -0.815. The largest absolute Gasteiger partial charge is 0.347 e. The highest BCUT2D eigenvalue weighted by Gasteiger charge is 2.26. The Kier molecular flexibility index (Phi) is 4.34. The third kappa shape index (κ3) is 5.03. The Balaban J connectivity index is 4.49. The molecule has 0 spiro atoms. The summed E-state index contributed by atoms with van der Waals surface area (Å²) in [5.41, 5.74) is -0.875. The van der Waals surface area contributed by atoms with Gasteiger partial charge in [0.15, 0.2) is 0 Å². The first-order valence-corrected chi connectivity index (χ1v) is 5.53. The van der Waals surface area contributed by atoms with Crippen LogP contribution in [0.2, 0.25) is 0 Å². The Labute approximate surface area is 85.1 Å². The quantitative estimate of drug-likeness (QED) is 0.473. The maximum Gasteiger partial charge on any atom is 0.283 e. The molecule has 0 aliphatic rings. The van der Waals surface area contributed by atoms with Crippen molar-refractivity contribution in [3.05, 3.63) is 12.7 Å². The van der Waals surface area contributed by atoms with Gasteiger partial charge in [-0.15, -0.1) is 0 Å². The highest BCUT2D eigenvalue weighted by Crippen LogP contribution is 2.07. The van der Waals surface area contributed by atoms with E-state index in [0.717, 1.165) is 14.1 Å². The predicted octanol–water partition coefficient (Wildman–Crippen LogP) is -1.04. The minimum atomic E-state index is -3.58. The molecule has 14 heavy (non-hydrogen) atoms. The van der Waals surface area contributed by atoms with Crippen LogP contribution in [-0.4, -0.2) is 33.7 Å². The monoisotopic (exact) mass is 219 g/mol. The maximum absolute atomic E-state index is 11.1. The topological polar surface area (TPSA) is 72.5 Å². The molecular formula is C7H14BNO4S. The van der Waals surface area contributed by atoms with Crippen molar-refractivity contribution in [2.24, 2.45) is 0 Å².